The van der Waals surface area contributed by atoms with E-state index in [1.54, 1.807) is 18.3 Å². The first-order valence-corrected chi connectivity index (χ1v) is 12.6. The van der Waals surface area contributed by atoms with Crippen LogP contribution in [0.3, 0.4) is 0 Å². The normalized spacial score (nSPS) is 17.7. The third-order valence-electron chi connectivity index (χ3n) is 7.73. The fraction of sp³-hybridized carbons (Fsp3) is 0.321. The van der Waals surface area contributed by atoms with E-state index in [0.29, 0.717) is 46.1 Å². The molecule has 1 aliphatic heterocycles. The summed E-state index contributed by atoms with van der Waals surface area (Å²) in [5, 5.41) is 6.43. The summed E-state index contributed by atoms with van der Waals surface area (Å²) in [4.78, 5) is 26.2. The Morgan fingerprint density at radius 3 is 2.78 bits per heavy atom. The van der Waals surface area contributed by atoms with Gasteiger partial charge in [0.05, 0.1) is 35.3 Å². The SMILES string of the molecule is COc1c(F)cccc1Nc1c(-c2ccnc3ccc(OC4CC4)nc23)[nH]c2c1C(=O)NCC21CCC1. The maximum Gasteiger partial charge on any atom is 0.255 e. The van der Waals surface area contributed by atoms with Crippen LogP contribution in [0.5, 0.6) is 11.6 Å². The van der Waals surface area contributed by atoms with Gasteiger partial charge < -0.3 is 25.1 Å². The highest BCUT2D eigenvalue weighted by Gasteiger charge is 2.47. The molecule has 1 amide bonds. The topological polar surface area (TPSA) is 101 Å². The summed E-state index contributed by atoms with van der Waals surface area (Å²) in [6.45, 7) is 0.593. The summed E-state index contributed by atoms with van der Waals surface area (Å²) in [7, 11) is 1.43. The number of nitrogens with zero attached hydrogens (tertiary/aromatic N) is 2. The molecule has 2 fully saturated rings. The van der Waals surface area contributed by atoms with Crippen LogP contribution in [-0.4, -0.2) is 40.6 Å². The quantitative estimate of drug-likeness (QED) is 0.336. The van der Waals surface area contributed by atoms with Crippen LogP contribution in [0.25, 0.3) is 22.3 Å². The first kappa shape index (κ1) is 22.1. The van der Waals surface area contributed by atoms with Gasteiger partial charge >= 0.3 is 0 Å². The van der Waals surface area contributed by atoms with Gasteiger partial charge in [-0.25, -0.2) is 9.37 Å². The number of carbonyl (C=O) groups excluding carboxylic acids is 1. The zero-order chi connectivity index (χ0) is 25.1. The van der Waals surface area contributed by atoms with Crippen molar-refractivity contribution >= 4 is 28.3 Å². The molecule has 0 saturated heterocycles. The Balaban J connectivity index is 1.45. The molecule has 4 heterocycles. The summed E-state index contributed by atoms with van der Waals surface area (Å²) in [5.74, 6) is -0.0286. The third-order valence-corrected chi connectivity index (χ3v) is 7.73. The second kappa shape index (κ2) is 8.19. The minimum atomic E-state index is -0.490. The van der Waals surface area contributed by atoms with Crippen molar-refractivity contribution in [2.45, 2.75) is 43.6 Å². The van der Waals surface area contributed by atoms with Crippen molar-refractivity contribution in [3.8, 4) is 22.9 Å². The van der Waals surface area contributed by atoms with E-state index < -0.39 is 5.82 Å². The van der Waals surface area contributed by atoms with Gasteiger partial charge in [-0.15, -0.1) is 0 Å². The second-order valence-corrected chi connectivity index (χ2v) is 10.1. The summed E-state index contributed by atoms with van der Waals surface area (Å²) < 4.78 is 25.9. The number of fused-ring (bicyclic) bond motifs is 3. The van der Waals surface area contributed by atoms with E-state index in [0.717, 1.165) is 43.4 Å². The highest BCUT2D eigenvalue weighted by molar-refractivity contribution is 6.08. The van der Waals surface area contributed by atoms with Crippen LogP contribution >= 0.6 is 0 Å². The Kier molecular flexibility index (Phi) is 4.89. The van der Waals surface area contributed by atoms with E-state index in [1.807, 2.05) is 18.2 Å². The van der Waals surface area contributed by atoms with Crippen LogP contribution in [0.4, 0.5) is 15.8 Å². The highest BCUT2D eigenvalue weighted by Crippen LogP contribution is 2.51. The number of aromatic nitrogens is 3. The molecule has 3 aromatic heterocycles. The molecule has 9 heteroatoms. The minimum Gasteiger partial charge on any atom is -0.492 e. The van der Waals surface area contributed by atoms with E-state index in [9.17, 15) is 9.18 Å². The van der Waals surface area contributed by atoms with Gasteiger partial charge in [-0.2, -0.15) is 0 Å². The number of benzene rings is 1. The Labute approximate surface area is 212 Å². The van der Waals surface area contributed by atoms with Gasteiger partial charge in [0, 0.05) is 35.5 Å². The lowest BCUT2D eigenvalue weighted by molar-refractivity contribution is 0.0894. The van der Waals surface area contributed by atoms with Crippen LogP contribution in [0.15, 0.2) is 42.6 Å². The molecule has 2 aliphatic carbocycles. The molecule has 2 saturated carbocycles. The number of aromatic amines is 1. The van der Waals surface area contributed by atoms with Crippen molar-refractivity contribution in [2.24, 2.45) is 0 Å². The predicted molar refractivity (Wildman–Crippen MR) is 137 cm³/mol. The predicted octanol–water partition coefficient (Wildman–Crippen LogP) is 5.22. The monoisotopic (exact) mass is 499 g/mol. The Bertz CT molecular complexity index is 1560. The van der Waals surface area contributed by atoms with E-state index in [1.165, 1.54) is 13.2 Å². The van der Waals surface area contributed by atoms with Crippen LogP contribution in [0, 0.1) is 5.82 Å². The van der Waals surface area contributed by atoms with Gasteiger partial charge in [0.2, 0.25) is 5.88 Å². The van der Waals surface area contributed by atoms with E-state index in [-0.39, 0.29) is 23.2 Å². The molecule has 0 unspecified atom stereocenters. The number of amides is 1. The van der Waals surface area contributed by atoms with Crippen molar-refractivity contribution in [3.63, 3.8) is 0 Å². The molecule has 0 atom stereocenters. The van der Waals surface area contributed by atoms with Crippen molar-refractivity contribution in [1.82, 2.24) is 20.3 Å². The molecule has 188 valence electrons. The zero-order valence-electron chi connectivity index (χ0n) is 20.4. The standard InChI is InChI=1S/C28H26FN5O3/c1-36-25-17(29)4-2-5-19(25)32-24-21-26(28(11-3-12-28)14-31-27(21)35)34-23(24)16-10-13-30-18-8-9-20(33-22(16)18)37-15-6-7-15/h2,4-5,8-10,13,15,32,34H,3,6-7,11-12,14H2,1H3,(H,31,35). The summed E-state index contributed by atoms with van der Waals surface area (Å²) in [5.41, 5.74) is 5.15. The van der Waals surface area contributed by atoms with Crippen LogP contribution in [0.1, 0.15) is 48.2 Å². The van der Waals surface area contributed by atoms with Crippen LogP contribution < -0.4 is 20.1 Å². The molecule has 1 aromatic carbocycles. The molecule has 3 N–H and O–H groups in total. The smallest absolute Gasteiger partial charge is 0.255 e. The summed E-state index contributed by atoms with van der Waals surface area (Å²) in [6.07, 6.45) is 7.07. The summed E-state index contributed by atoms with van der Waals surface area (Å²) >= 11 is 0. The number of H-pyrrole nitrogens is 1. The number of ether oxygens (including phenoxy) is 2. The van der Waals surface area contributed by atoms with E-state index >= 15 is 0 Å². The van der Waals surface area contributed by atoms with Crippen LogP contribution in [0.2, 0.25) is 0 Å². The first-order chi connectivity index (χ1) is 18.1. The van der Waals surface area contributed by atoms with E-state index in [2.05, 4.69) is 20.6 Å². The van der Waals surface area contributed by atoms with Gasteiger partial charge in [-0.3, -0.25) is 9.78 Å². The molecule has 37 heavy (non-hydrogen) atoms. The molecular formula is C28H26FN5O3. The lowest BCUT2D eigenvalue weighted by Gasteiger charge is -2.44. The fourth-order valence-electron chi connectivity index (χ4n) is 5.49. The third kappa shape index (κ3) is 3.52. The number of para-hydroxylation sites is 1. The van der Waals surface area contributed by atoms with Gasteiger partial charge in [-0.1, -0.05) is 12.5 Å². The number of methoxy groups -OCH3 is 1. The lowest BCUT2D eigenvalue weighted by Crippen LogP contribution is -2.50. The molecule has 8 nitrogen and oxygen atoms in total. The van der Waals surface area contributed by atoms with Gasteiger partial charge in [0.15, 0.2) is 11.6 Å². The lowest BCUT2D eigenvalue weighted by atomic mass is 9.64. The molecular weight excluding hydrogens is 473 g/mol. The van der Waals surface area contributed by atoms with Crippen molar-refractivity contribution < 1.29 is 18.7 Å². The first-order valence-electron chi connectivity index (χ1n) is 12.6. The molecule has 0 bridgehead atoms. The molecule has 0 radical (unpaired) electrons. The molecule has 4 aromatic rings. The largest absolute Gasteiger partial charge is 0.492 e. The van der Waals surface area contributed by atoms with Crippen LogP contribution in [-0.2, 0) is 5.41 Å². The highest BCUT2D eigenvalue weighted by atomic mass is 19.1. The maximum absolute atomic E-state index is 14.6. The Morgan fingerprint density at radius 1 is 1.16 bits per heavy atom. The number of halogens is 1. The average Bonchev–Trinajstić information content (AvgIpc) is 3.61. The fourth-order valence-corrected chi connectivity index (χ4v) is 5.49. The van der Waals surface area contributed by atoms with Gasteiger partial charge in [0.25, 0.3) is 5.91 Å². The van der Waals surface area contributed by atoms with E-state index in [4.69, 9.17) is 14.5 Å². The Morgan fingerprint density at radius 2 is 2.03 bits per heavy atom. The van der Waals surface area contributed by atoms with Crippen molar-refractivity contribution in [1.29, 1.82) is 0 Å². The number of hydrogen-bond donors (Lipinski definition) is 3. The average molecular weight is 500 g/mol. The molecule has 3 aliphatic rings. The number of rotatable bonds is 6. The maximum atomic E-state index is 14.6. The van der Waals surface area contributed by atoms with Gasteiger partial charge in [0.1, 0.15) is 11.6 Å². The van der Waals surface area contributed by atoms with Gasteiger partial charge in [-0.05, 0) is 49.9 Å². The number of nitrogens with one attached hydrogen (secondary N) is 3. The molecule has 1 spiro atoms. The number of hydrogen-bond acceptors (Lipinski definition) is 6. The zero-order valence-corrected chi connectivity index (χ0v) is 20.4. The Hall–Kier alpha value is -4.14. The number of pyridine rings is 2. The van der Waals surface area contributed by atoms with Crippen molar-refractivity contribution in [3.05, 3.63) is 59.7 Å². The molecule has 7 rings (SSSR count). The van der Waals surface area contributed by atoms with Crippen molar-refractivity contribution in [2.75, 3.05) is 19.0 Å². The number of anilines is 2. The minimum absolute atomic E-state index is 0.0795. The summed E-state index contributed by atoms with van der Waals surface area (Å²) in [6, 6.07) is 10.3. The number of carbonyl (C=O) groups is 1. The second-order valence-electron chi connectivity index (χ2n) is 10.1.